The van der Waals surface area contributed by atoms with E-state index in [0.29, 0.717) is 38.5 Å². The monoisotopic (exact) mass is 447 g/mol. The Balaban J connectivity index is 1.30. The van der Waals surface area contributed by atoms with E-state index in [1.165, 1.54) is 6.07 Å². The number of anilines is 1. The molecule has 0 bridgehead atoms. The molecule has 1 aliphatic carbocycles. The number of dihydropyridines is 1. The van der Waals surface area contributed by atoms with E-state index in [0.717, 1.165) is 48.1 Å². The van der Waals surface area contributed by atoms with Crippen LogP contribution in [0, 0.1) is 5.82 Å². The first kappa shape index (κ1) is 21.4. The zero-order chi connectivity index (χ0) is 22.8. The number of hydrogen-bond acceptors (Lipinski definition) is 6. The number of benzene rings is 1. The summed E-state index contributed by atoms with van der Waals surface area (Å²) in [4.78, 5) is 42.1. The minimum absolute atomic E-state index is 0.0854. The summed E-state index contributed by atoms with van der Waals surface area (Å²) in [6, 6.07) is 6.48. The van der Waals surface area contributed by atoms with Crippen LogP contribution in [-0.4, -0.2) is 65.0 Å². The lowest BCUT2D eigenvalue weighted by atomic mass is 9.83. The van der Waals surface area contributed by atoms with E-state index < -0.39 is 5.82 Å². The molecule has 1 amide bonds. The van der Waals surface area contributed by atoms with E-state index in [2.05, 4.69) is 15.0 Å². The maximum Gasteiger partial charge on any atom is 0.256 e. The molecular formula is C25H26FN5O2. The van der Waals surface area contributed by atoms with Crippen molar-refractivity contribution in [2.75, 3.05) is 37.6 Å². The Labute approximate surface area is 192 Å². The highest BCUT2D eigenvalue weighted by molar-refractivity contribution is 6.14. The summed E-state index contributed by atoms with van der Waals surface area (Å²) in [6.45, 7) is 2.34. The van der Waals surface area contributed by atoms with Gasteiger partial charge in [-0.15, -0.1) is 0 Å². The third-order valence-electron chi connectivity index (χ3n) is 6.60. The summed E-state index contributed by atoms with van der Waals surface area (Å²) in [5.41, 5.74) is 3.81. The summed E-state index contributed by atoms with van der Waals surface area (Å²) in [5, 5.41) is 0. The molecule has 1 aromatic heterocycles. The number of amides is 1. The van der Waals surface area contributed by atoms with Crippen molar-refractivity contribution >= 4 is 23.4 Å². The standard InChI is InChI=1S/C25H26FN5O2/c26-21-7-6-17(15-22-18-4-1-2-5-19(18)23(32)16-29-22)14-20(21)24(33)30-10-12-31(13-11-30)25-27-8-3-9-28-25/h3,6-9,14H,1-2,4-5,10-13,15-16H2. The minimum atomic E-state index is -0.518. The summed E-state index contributed by atoms with van der Waals surface area (Å²) >= 11 is 0. The Morgan fingerprint density at radius 1 is 1.00 bits per heavy atom. The highest BCUT2D eigenvalue weighted by Crippen LogP contribution is 2.30. The number of nitrogens with zero attached hydrogens (tertiary/aromatic N) is 5. The van der Waals surface area contributed by atoms with Gasteiger partial charge < -0.3 is 9.80 Å². The van der Waals surface area contributed by atoms with E-state index in [1.54, 1.807) is 35.5 Å². The van der Waals surface area contributed by atoms with Gasteiger partial charge in [0.05, 0.1) is 5.56 Å². The number of piperazine rings is 1. The highest BCUT2D eigenvalue weighted by Gasteiger charge is 2.28. The molecule has 7 nitrogen and oxygen atoms in total. The van der Waals surface area contributed by atoms with Crippen molar-refractivity contribution < 1.29 is 14.0 Å². The molecule has 3 heterocycles. The second kappa shape index (κ2) is 9.21. The number of carbonyl (C=O) groups excluding carboxylic acids is 2. The number of Topliss-reactive ketones (excluding diaryl/α,β-unsaturated/α-hetero) is 1. The first-order valence-electron chi connectivity index (χ1n) is 11.5. The second-order valence-corrected chi connectivity index (χ2v) is 8.67. The summed E-state index contributed by atoms with van der Waals surface area (Å²) < 4.78 is 14.7. The number of aliphatic imine (C=N–C) groups is 1. The molecule has 0 radical (unpaired) electrons. The number of allylic oxidation sites excluding steroid dienone is 1. The Morgan fingerprint density at radius 2 is 1.73 bits per heavy atom. The van der Waals surface area contributed by atoms with Gasteiger partial charge >= 0.3 is 0 Å². The van der Waals surface area contributed by atoms with Gasteiger partial charge in [0.2, 0.25) is 5.95 Å². The Kier molecular flexibility index (Phi) is 5.98. The SMILES string of the molecule is O=C1CN=C(Cc2ccc(F)c(C(=O)N3CCN(c4ncccn4)CC3)c2)C2=C1CCCC2. The van der Waals surface area contributed by atoms with Crippen LogP contribution in [0.2, 0.25) is 0 Å². The average molecular weight is 448 g/mol. The van der Waals surface area contributed by atoms with E-state index in [9.17, 15) is 14.0 Å². The van der Waals surface area contributed by atoms with Crippen molar-refractivity contribution in [2.45, 2.75) is 32.1 Å². The third kappa shape index (κ3) is 4.42. The Hall–Kier alpha value is -3.42. The van der Waals surface area contributed by atoms with Gasteiger partial charge in [-0.1, -0.05) is 6.07 Å². The number of carbonyl (C=O) groups is 2. The van der Waals surface area contributed by atoms with Crippen molar-refractivity contribution in [1.29, 1.82) is 0 Å². The molecule has 0 N–H and O–H groups in total. The van der Waals surface area contributed by atoms with Crippen molar-refractivity contribution in [3.8, 4) is 0 Å². The molecule has 2 aliphatic heterocycles. The zero-order valence-electron chi connectivity index (χ0n) is 18.5. The molecule has 8 heteroatoms. The van der Waals surface area contributed by atoms with Crippen LogP contribution in [-0.2, 0) is 11.2 Å². The smallest absolute Gasteiger partial charge is 0.256 e. The van der Waals surface area contributed by atoms with E-state index in [-0.39, 0.29) is 23.8 Å². The highest BCUT2D eigenvalue weighted by atomic mass is 19.1. The molecule has 170 valence electrons. The van der Waals surface area contributed by atoms with Gasteiger partial charge in [0, 0.05) is 56.3 Å². The fraction of sp³-hybridized carbons (Fsp3) is 0.400. The molecule has 3 aliphatic rings. The lowest BCUT2D eigenvalue weighted by Gasteiger charge is -2.34. The van der Waals surface area contributed by atoms with Crippen LogP contribution in [0.15, 0.2) is 52.8 Å². The lowest BCUT2D eigenvalue weighted by molar-refractivity contribution is -0.114. The summed E-state index contributed by atoms with van der Waals surface area (Å²) in [6.07, 6.45) is 7.67. The zero-order valence-corrected chi connectivity index (χ0v) is 18.5. The Bertz CT molecular complexity index is 1140. The number of rotatable bonds is 4. The number of halogens is 1. The molecule has 33 heavy (non-hydrogen) atoms. The third-order valence-corrected chi connectivity index (χ3v) is 6.60. The van der Waals surface area contributed by atoms with Gasteiger partial charge in [-0.3, -0.25) is 14.6 Å². The summed E-state index contributed by atoms with van der Waals surface area (Å²) in [7, 11) is 0. The first-order chi connectivity index (χ1) is 16.1. The summed E-state index contributed by atoms with van der Waals surface area (Å²) in [5.74, 6) is -0.0541. The molecule has 0 saturated carbocycles. The van der Waals surface area contributed by atoms with Crippen LogP contribution < -0.4 is 4.90 Å². The quantitative estimate of drug-likeness (QED) is 0.720. The molecular weight excluding hydrogens is 421 g/mol. The number of ketones is 1. The van der Waals surface area contributed by atoms with Gasteiger partial charge in [-0.2, -0.15) is 0 Å². The van der Waals surface area contributed by atoms with Gasteiger partial charge in [0.1, 0.15) is 12.4 Å². The van der Waals surface area contributed by atoms with Gasteiger partial charge in [-0.25, -0.2) is 14.4 Å². The number of hydrogen-bond donors (Lipinski definition) is 0. The molecule has 5 rings (SSSR count). The molecule has 0 atom stereocenters. The van der Waals surface area contributed by atoms with Crippen molar-refractivity contribution in [3.63, 3.8) is 0 Å². The largest absolute Gasteiger partial charge is 0.337 e. The number of aromatic nitrogens is 2. The average Bonchev–Trinajstić information content (AvgIpc) is 2.87. The van der Waals surface area contributed by atoms with E-state index in [4.69, 9.17) is 0 Å². The fourth-order valence-corrected chi connectivity index (χ4v) is 4.83. The second-order valence-electron chi connectivity index (χ2n) is 8.67. The van der Waals surface area contributed by atoms with Crippen LogP contribution in [0.25, 0.3) is 0 Å². The topological polar surface area (TPSA) is 78.8 Å². The van der Waals surface area contributed by atoms with Crippen LogP contribution in [0.5, 0.6) is 0 Å². The van der Waals surface area contributed by atoms with Crippen molar-refractivity contribution in [1.82, 2.24) is 14.9 Å². The van der Waals surface area contributed by atoms with Crippen molar-refractivity contribution in [2.24, 2.45) is 4.99 Å². The van der Waals surface area contributed by atoms with Gasteiger partial charge in [0.25, 0.3) is 5.91 Å². The predicted molar refractivity (Wildman–Crippen MR) is 123 cm³/mol. The first-order valence-corrected chi connectivity index (χ1v) is 11.5. The molecule has 1 fully saturated rings. The Morgan fingerprint density at radius 3 is 2.48 bits per heavy atom. The predicted octanol–water partition coefficient (Wildman–Crippen LogP) is 3.01. The molecule has 2 aromatic rings. The maximum absolute atomic E-state index is 14.7. The molecule has 1 saturated heterocycles. The fourth-order valence-electron chi connectivity index (χ4n) is 4.83. The maximum atomic E-state index is 14.7. The van der Waals surface area contributed by atoms with Crippen LogP contribution in [0.1, 0.15) is 41.6 Å². The molecule has 1 aromatic carbocycles. The van der Waals surface area contributed by atoms with Gasteiger partial charge in [-0.05, 0) is 55.0 Å². The molecule has 0 unspecified atom stereocenters. The van der Waals surface area contributed by atoms with Crippen molar-refractivity contribution in [3.05, 3.63) is 64.7 Å². The normalized spacial score (nSPS) is 18.8. The molecule has 0 spiro atoms. The van der Waals surface area contributed by atoms with E-state index >= 15 is 0 Å². The lowest BCUT2D eigenvalue weighted by Crippen LogP contribution is -2.49. The van der Waals surface area contributed by atoms with Crippen LogP contribution >= 0.6 is 0 Å². The van der Waals surface area contributed by atoms with Crippen LogP contribution in [0.4, 0.5) is 10.3 Å². The minimum Gasteiger partial charge on any atom is -0.337 e. The van der Waals surface area contributed by atoms with Crippen LogP contribution in [0.3, 0.4) is 0 Å². The van der Waals surface area contributed by atoms with E-state index in [1.807, 2.05) is 4.90 Å². The van der Waals surface area contributed by atoms with Gasteiger partial charge in [0.15, 0.2) is 5.78 Å².